The van der Waals surface area contributed by atoms with E-state index in [2.05, 4.69) is 4.98 Å². The van der Waals surface area contributed by atoms with E-state index < -0.39 is 41.6 Å². The number of nitrogens with one attached hydrogen (secondary N) is 1. The summed E-state index contributed by atoms with van der Waals surface area (Å²) in [5, 5.41) is 2.25. The Labute approximate surface area is 154 Å². The molecule has 1 N–H and O–H groups in total. The molecule has 3 rings (SSSR count). The smallest absolute Gasteiger partial charge is 0.316 e. The van der Waals surface area contributed by atoms with Crippen LogP contribution in [-0.2, 0) is 14.3 Å². The van der Waals surface area contributed by atoms with Gasteiger partial charge in [0.1, 0.15) is 11.3 Å². The van der Waals surface area contributed by atoms with Crippen LogP contribution in [0.15, 0.2) is 46.0 Å². The summed E-state index contributed by atoms with van der Waals surface area (Å²) in [4.78, 5) is 27.5. The lowest BCUT2D eigenvalue weighted by Gasteiger charge is -2.07. The first-order valence-corrected chi connectivity index (χ1v) is 8.50. The van der Waals surface area contributed by atoms with E-state index in [4.69, 9.17) is 9.15 Å². The van der Waals surface area contributed by atoms with Gasteiger partial charge < -0.3 is 14.5 Å². The molecule has 6 nitrogen and oxygen atoms in total. The van der Waals surface area contributed by atoms with Crippen LogP contribution in [0, 0.1) is 17.5 Å². The molecule has 0 aliphatic carbocycles. The standard InChI is InChI=1S/C17H11F3N2O4S/c18-9-5-6-11(16(20)15(9)19)21-13(23)7-25-14(24)8-27-17-22-10-3-1-2-4-12(10)26-17/h1-6H,7-8H2,(H,21,23). The van der Waals surface area contributed by atoms with Crippen molar-refractivity contribution >= 4 is 40.4 Å². The van der Waals surface area contributed by atoms with Gasteiger partial charge >= 0.3 is 5.97 Å². The summed E-state index contributed by atoms with van der Waals surface area (Å²) in [7, 11) is 0. The Morgan fingerprint density at radius 3 is 2.67 bits per heavy atom. The molecule has 0 fully saturated rings. The number of hydrogen-bond donors (Lipinski definition) is 1. The van der Waals surface area contributed by atoms with Gasteiger partial charge in [-0.3, -0.25) is 9.59 Å². The van der Waals surface area contributed by atoms with Crippen LogP contribution >= 0.6 is 11.8 Å². The monoisotopic (exact) mass is 396 g/mol. The molecule has 140 valence electrons. The number of carbonyl (C=O) groups excluding carboxylic acids is 2. The molecular weight excluding hydrogens is 385 g/mol. The number of carbonyl (C=O) groups is 2. The number of aromatic nitrogens is 1. The number of hydrogen-bond acceptors (Lipinski definition) is 6. The van der Waals surface area contributed by atoms with Crippen LogP contribution in [0.4, 0.5) is 18.9 Å². The molecule has 0 saturated heterocycles. The quantitative estimate of drug-likeness (QED) is 0.390. The highest BCUT2D eigenvalue weighted by atomic mass is 32.2. The van der Waals surface area contributed by atoms with Crippen LogP contribution in [0.3, 0.4) is 0 Å². The van der Waals surface area contributed by atoms with Gasteiger partial charge in [-0.1, -0.05) is 23.9 Å². The van der Waals surface area contributed by atoms with Crippen molar-refractivity contribution in [2.45, 2.75) is 5.22 Å². The predicted octanol–water partition coefficient (Wildman–Crippen LogP) is 3.52. The fraction of sp³-hybridized carbons (Fsp3) is 0.118. The third kappa shape index (κ3) is 4.59. The molecule has 1 amide bonds. The molecule has 27 heavy (non-hydrogen) atoms. The zero-order valence-corrected chi connectivity index (χ0v) is 14.3. The van der Waals surface area contributed by atoms with Crippen LogP contribution in [0.25, 0.3) is 11.1 Å². The van der Waals surface area contributed by atoms with Crippen molar-refractivity contribution in [2.75, 3.05) is 17.7 Å². The molecule has 1 aromatic heterocycles. The van der Waals surface area contributed by atoms with Crippen molar-refractivity contribution in [3.8, 4) is 0 Å². The molecule has 0 bridgehead atoms. The number of benzene rings is 2. The predicted molar refractivity (Wildman–Crippen MR) is 90.6 cm³/mol. The molecule has 0 unspecified atom stereocenters. The number of nitrogens with zero attached hydrogens (tertiary/aromatic N) is 1. The third-order valence-electron chi connectivity index (χ3n) is 3.26. The molecule has 0 radical (unpaired) electrons. The molecule has 0 aliphatic rings. The number of amides is 1. The first-order valence-electron chi connectivity index (χ1n) is 7.51. The van der Waals surface area contributed by atoms with E-state index in [0.29, 0.717) is 17.2 Å². The normalized spacial score (nSPS) is 10.8. The number of fused-ring (bicyclic) bond motifs is 1. The molecule has 0 saturated carbocycles. The Kier molecular flexibility index (Phi) is 5.65. The van der Waals surface area contributed by atoms with Crippen molar-refractivity contribution < 1.29 is 31.9 Å². The van der Waals surface area contributed by atoms with E-state index >= 15 is 0 Å². The molecule has 0 aliphatic heterocycles. The number of rotatable bonds is 6. The molecule has 1 heterocycles. The zero-order chi connectivity index (χ0) is 19.4. The highest BCUT2D eigenvalue weighted by Gasteiger charge is 2.16. The fourth-order valence-corrected chi connectivity index (χ4v) is 2.67. The summed E-state index contributed by atoms with van der Waals surface area (Å²) >= 11 is 0.981. The van der Waals surface area contributed by atoms with Crippen molar-refractivity contribution in [1.82, 2.24) is 4.98 Å². The lowest BCUT2D eigenvalue weighted by Crippen LogP contribution is -2.22. The fourth-order valence-electron chi connectivity index (χ4n) is 2.03. The van der Waals surface area contributed by atoms with Crippen LogP contribution < -0.4 is 5.32 Å². The number of halogens is 3. The minimum absolute atomic E-state index is 0.167. The van der Waals surface area contributed by atoms with Gasteiger partial charge in [-0.15, -0.1) is 0 Å². The summed E-state index contributed by atoms with van der Waals surface area (Å²) in [5.41, 5.74) is 0.651. The van der Waals surface area contributed by atoms with Crippen molar-refractivity contribution in [3.05, 3.63) is 53.8 Å². The number of esters is 1. The van der Waals surface area contributed by atoms with Crippen molar-refractivity contribution in [1.29, 1.82) is 0 Å². The maximum absolute atomic E-state index is 13.5. The minimum atomic E-state index is -1.71. The topological polar surface area (TPSA) is 81.4 Å². The molecule has 0 atom stereocenters. The summed E-state index contributed by atoms with van der Waals surface area (Å²) in [6.07, 6.45) is 0. The highest BCUT2D eigenvalue weighted by molar-refractivity contribution is 7.99. The number of thioether (sulfide) groups is 1. The van der Waals surface area contributed by atoms with E-state index in [1.165, 1.54) is 0 Å². The van der Waals surface area contributed by atoms with Crippen LogP contribution in [0.1, 0.15) is 0 Å². The van der Waals surface area contributed by atoms with E-state index in [9.17, 15) is 22.8 Å². The Bertz CT molecular complexity index is 976. The second-order valence-electron chi connectivity index (χ2n) is 5.17. The Morgan fingerprint density at radius 2 is 1.89 bits per heavy atom. The lowest BCUT2D eigenvalue weighted by atomic mass is 10.3. The molecule has 2 aromatic carbocycles. The summed E-state index contributed by atoms with van der Waals surface area (Å²) in [6, 6.07) is 8.58. The van der Waals surface area contributed by atoms with Gasteiger partial charge in [0.05, 0.1) is 5.69 Å². The number of para-hydroxylation sites is 2. The first kappa shape index (κ1) is 18.8. The molecule has 3 aromatic rings. The van der Waals surface area contributed by atoms with Gasteiger partial charge in [-0.2, -0.15) is 0 Å². The summed E-state index contributed by atoms with van der Waals surface area (Å²) in [5.74, 6) is -6.43. The van der Waals surface area contributed by atoms with Gasteiger partial charge in [0.2, 0.25) is 0 Å². The highest BCUT2D eigenvalue weighted by Crippen LogP contribution is 2.23. The second kappa shape index (κ2) is 8.12. The molecular formula is C17H11F3N2O4S. The minimum Gasteiger partial charge on any atom is -0.455 e. The maximum atomic E-state index is 13.5. The van der Waals surface area contributed by atoms with Gasteiger partial charge in [-0.05, 0) is 24.3 Å². The summed E-state index contributed by atoms with van der Waals surface area (Å²) < 4.78 is 49.5. The molecule has 10 heteroatoms. The van der Waals surface area contributed by atoms with Gasteiger partial charge in [0, 0.05) is 0 Å². The maximum Gasteiger partial charge on any atom is 0.316 e. The second-order valence-corrected chi connectivity index (χ2v) is 6.09. The van der Waals surface area contributed by atoms with E-state index in [-0.39, 0.29) is 11.0 Å². The first-order chi connectivity index (χ1) is 12.9. The SMILES string of the molecule is O=C(COC(=O)CSc1nc2ccccc2o1)Nc1ccc(F)c(F)c1F. The Balaban J connectivity index is 1.47. The van der Waals surface area contributed by atoms with E-state index in [1.54, 1.807) is 24.3 Å². The Hall–Kier alpha value is -3.01. The van der Waals surface area contributed by atoms with Crippen LogP contribution in [0.2, 0.25) is 0 Å². The lowest BCUT2D eigenvalue weighted by molar-refractivity contribution is -0.144. The summed E-state index contributed by atoms with van der Waals surface area (Å²) in [6.45, 7) is -0.717. The third-order valence-corrected chi connectivity index (χ3v) is 4.06. The average molecular weight is 396 g/mol. The van der Waals surface area contributed by atoms with Gasteiger partial charge in [0.15, 0.2) is 29.6 Å². The Morgan fingerprint density at radius 1 is 1.11 bits per heavy atom. The number of anilines is 1. The zero-order valence-electron chi connectivity index (χ0n) is 13.5. The average Bonchev–Trinajstić information content (AvgIpc) is 3.08. The van der Waals surface area contributed by atoms with Crippen LogP contribution in [-0.4, -0.2) is 29.2 Å². The van der Waals surface area contributed by atoms with Gasteiger partial charge in [0.25, 0.3) is 11.1 Å². The van der Waals surface area contributed by atoms with Gasteiger partial charge in [-0.25, -0.2) is 18.2 Å². The largest absolute Gasteiger partial charge is 0.455 e. The number of ether oxygens (including phenoxy) is 1. The van der Waals surface area contributed by atoms with E-state index in [1.807, 2.05) is 5.32 Å². The van der Waals surface area contributed by atoms with Crippen molar-refractivity contribution in [2.24, 2.45) is 0 Å². The van der Waals surface area contributed by atoms with E-state index in [0.717, 1.165) is 17.8 Å². The van der Waals surface area contributed by atoms with Crippen molar-refractivity contribution in [3.63, 3.8) is 0 Å². The van der Waals surface area contributed by atoms with Crippen LogP contribution in [0.5, 0.6) is 0 Å². The number of oxazole rings is 1. The molecule has 0 spiro atoms.